The third-order valence-corrected chi connectivity index (χ3v) is 4.10. The Morgan fingerprint density at radius 1 is 1.63 bits per heavy atom. The van der Waals surface area contributed by atoms with Crippen LogP contribution in [0.3, 0.4) is 0 Å². The number of aliphatic hydroxyl groups is 1. The Hall–Kier alpha value is -0.650. The second-order valence-electron chi connectivity index (χ2n) is 4.65. The van der Waals surface area contributed by atoms with Crippen molar-refractivity contribution in [2.24, 2.45) is 0 Å². The maximum atomic E-state index is 12.5. The third-order valence-electron chi connectivity index (χ3n) is 3.37. The van der Waals surface area contributed by atoms with E-state index in [2.05, 4.69) is 20.9 Å². The van der Waals surface area contributed by atoms with E-state index in [0.29, 0.717) is 5.56 Å². The van der Waals surface area contributed by atoms with Gasteiger partial charge in [-0.15, -0.1) is 0 Å². The van der Waals surface area contributed by atoms with Crippen LogP contribution in [0.1, 0.15) is 36.0 Å². The largest absolute Gasteiger partial charge is 0.396 e. The van der Waals surface area contributed by atoms with Gasteiger partial charge in [0.15, 0.2) is 0 Å². The zero-order valence-electron chi connectivity index (χ0n) is 10.5. The van der Waals surface area contributed by atoms with Gasteiger partial charge in [-0.05, 0) is 47.7 Å². The van der Waals surface area contributed by atoms with Gasteiger partial charge < -0.3 is 10.0 Å². The molecule has 0 bridgehead atoms. The van der Waals surface area contributed by atoms with Crippen molar-refractivity contribution in [3.63, 3.8) is 0 Å². The lowest BCUT2D eigenvalue weighted by atomic mass is 10.1. The highest BCUT2D eigenvalue weighted by molar-refractivity contribution is 9.10. The number of aromatic nitrogens is 1. The maximum absolute atomic E-state index is 12.5. The first-order chi connectivity index (χ1) is 9.13. The molecule has 1 fully saturated rings. The number of amides is 1. The number of likely N-dealkylation sites (tertiary alicyclic amines) is 1. The number of pyridine rings is 1. The molecule has 1 aliphatic rings. The van der Waals surface area contributed by atoms with Crippen LogP contribution < -0.4 is 0 Å². The summed E-state index contributed by atoms with van der Waals surface area (Å²) in [5.74, 6) is -0.0701. The van der Waals surface area contributed by atoms with E-state index in [1.54, 1.807) is 12.3 Å². The lowest BCUT2D eigenvalue weighted by molar-refractivity contribution is 0.0724. The number of halogens is 2. The van der Waals surface area contributed by atoms with E-state index in [1.165, 1.54) is 0 Å². The molecule has 2 heterocycles. The molecule has 4 nitrogen and oxygen atoms in total. The second kappa shape index (κ2) is 6.68. The van der Waals surface area contributed by atoms with E-state index in [9.17, 15) is 4.79 Å². The number of rotatable bonds is 4. The van der Waals surface area contributed by atoms with Gasteiger partial charge in [-0.3, -0.25) is 4.79 Å². The molecule has 1 aliphatic heterocycles. The van der Waals surface area contributed by atoms with E-state index in [1.807, 2.05) is 4.90 Å². The molecule has 104 valence electrons. The van der Waals surface area contributed by atoms with Crippen molar-refractivity contribution in [2.75, 3.05) is 13.2 Å². The first-order valence-electron chi connectivity index (χ1n) is 6.36. The molecule has 1 atom stereocenters. The van der Waals surface area contributed by atoms with Crippen LogP contribution in [-0.4, -0.2) is 40.1 Å². The average Bonchev–Trinajstić information content (AvgIpc) is 2.86. The number of carbonyl (C=O) groups is 1. The zero-order valence-corrected chi connectivity index (χ0v) is 12.8. The lowest BCUT2D eigenvalue weighted by Crippen LogP contribution is -2.35. The van der Waals surface area contributed by atoms with Crippen LogP contribution in [0.2, 0.25) is 5.15 Å². The van der Waals surface area contributed by atoms with Crippen LogP contribution in [0, 0.1) is 0 Å². The van der Waals surface area contributed by atoms with Crippen LogP contribution in [-0.2, 0) is 0 Å². The average molecular weight is 348 g/mol. The highest BCUT2D eigenvalue weighted by atomic mass is 79.9. The Morgan fingerprint density at radius 2 is 2.42 bits per heavy atom. The number of aliphatic hydroxyl groups excluding tert-OH is 1. The summed E-state index contributed by atoms with van der Waals surface area (Å²) in [6.45, 7) is 0.912. The zero-order chi connectivity index (χ0) is 13.8. The summed E-state index contributed by atoms with van der Waals surface area (Å²) < 4.78 is 0.742. The minimum absolute atomic E-state index is 0.0701. The summed E-state index contributed by atoms with van der Waals surface area (Å²) in [5.41, 5.74) is 0.437. The van der Waals surface area contributed by atoms with Gasteiger partial charge in [0.2, 0.25) is 0 Å². The first-order valence-corrected chi connectivity index (χ1v) is 7.53. The third kappa shape index (κ3) is 3.46. The van der Waals surface area contributed by atoms with Gasteiger partial charge in [0.25, 0.3) is 5.91 Å². The molecular weight excluding hydrogens is 332 g/mol. The van der Waals surface area contributed by atoms with Crippen molar-refractivity contribution in [1.82, 2.24) is 9.88 Å². The van der Waals surface area contributed by atoms with Crippen LogP contribution in [0.4, 0.5) is 0 Å². The quantitative estimate of drug-likeness (QED) is 0.852. The Balaban J connectivity index is 2.16. The monoisotopic (exact) mass is 346 g/mol. The van der Waals surface area contributed by atoms with Gasteiger partial charge in [-0.2, -0.15) is 0 Å². The van der Waals surface area contributed by atoms with E-state index >= 15 is 0 Å². The van der Waals surface area contributed by atoms with Crippen LogP contribution in [0.15, 0.2) is 16.7 Å². The van der Waals surface area contributed by atoms with E-state index in [4.69, 9.17) is 16.7 Å². The normalized spacial score (nSPS) is 18.9. The highest BCUT2D eigenvalue weighted by Crippen LogP contribution is 2.26. The van der Waals surface area contributed by atoms with Crippen molar-refractivity contribution >= 4 is 33.4 Å². The van der Waals surface area contributed by atoms with Crippen molar-refractivity contribution in [2.45, 2.75) is 31.7 Å². The number of carbonyl (C=O) groups excluding carboxylic acids is 1. The Labute approximate surface area is 125 Å². The fraction of sp³-hybridized carbons (Fsp3) is 0.538. The van der Waals surface area contributed by atoms with Crippen molar-refractivity contribution in [3.8, 4) is 0 Å². The van der Waals surface area contributed by atoms with Crippen molar-refractivity contribution in [3.05, 3.63) is 27.5 Å². The van der Waals surface area contributed by atoms with E-state index in [-0.39, 0.29) is 23.7 Å². The topological polar surface area (TPSA) is 53.4 Å². The van der Waals surface area contributed by atoms with Crippen LogP contribution in [0.5, 0.6) is 0 Å². The summed E-state index contributed by atoms with van der Waals surface area (Å²) >= 11 is 9.31. The van der Waals surface area contributed by atoms with E-state index < -0.39 is 0 Å². The lowest BCUT2D eigenvalue weighted by Gasteiger charge is -2.25. The van der Waals surface area contributed by atoms with Gasteiger partial charge in [-0.1, -0.05) is 11.6 Å². The molecule has 1 saturated heterocycles. The summed E-state index contributed by atoms with van der Waals surface area (Å²) in [5, 5.41) is 9.15. The molecule has 2 rings (SSSR count). The fourth-order valence-electron chi connectivity index (χ4n) is 2.46. The molecule has 0 aliphatic carbocycles. The molecule has 1 unspecified atom stereocenters. The highest BCUT2D eigenvalue weighted by Gasteiger charge is 2.30. The maximum Gasteiger partial charge on any atom is 0.257 e. The predicted octanol–water partition coefficient (Wildman–Crippen LogP) is 2.87. The summed E-state index contributed by atoms with van der Waals surface area (Å²) in [6, 6.07) is 1.91. The number of nitrogens with zero attached hydrogens (tertiary/aromatic N) is 2. The number of hydrogen-bond acceptors (Lipinski definition) is 3. The van der Waals surface area contributed by atoms with Crippen molar-refractivity contribution < 1.29 is 9.90 Å². The van der Waals surface area contributed by atoms with Crippen LogP contribution in [0.25, 0.3) is 0 Å². The summed E-state index contributed by atoms with van der Waals surface area (Å²) in [6.07, 6.45) is 5.12. The Kier molecular flexibility index (Phi) is 5.19. The SMILES string of the molecule is O=C(c1cc(Br)cnc1Cl)N1CCCC1CCCO. The molecule has 6 heteroatoms. The Morgan fingerprint density at radius 3 is 3.16 bits per heavy atom. The fourth-order valence-corrected chi connectivity index (χ4v) is 2.97. The van der Waals surface area contributed by atoms with Gasteiger partial charge in [0.05, 0.1) is 5.56 Å². The van der Waals surface area contributed by atoms with Gasteiger partial charge in [0.1, 0.15) is 5.15 Å². The predicted molar refractivity (Wildman–Crippen MR) is 77.3 cm³/mol. The first kappa shape index (κ1) is 14.8. The molecular formula is C13H16BrClN2O2. The second-order valence-corrected chi connectivity index (χ2v) is 5.93. The molecule has 0 spiro atoms. The molecule has 1 amide bonds. The summed E-state index contributed by atoms with van der Waals surface area (Å²) in [7, 11) is 0. The van der Waals surface area contributed by atoms with Crippen LogP contribution >= 0.6 is 27.5 Å². The molecule has 0 radical (unpaired) electrons. The molecule has 0 aromatic carbocycles. The minimum Gasteiger partial charge on any atom is -0.396 e. The number of hydrogen-bond donors (Lipinski definition) is 1. The van der Waals surface area contributed by atoms with Crippen molar-refractivity contribution in [1.29, 1.82) is 0 Å². The molecule has 1 aromatic heterocycles. The molecule has 1 aromatic rings. The van der Waals surface area contributed by atoms with Gasteiger partial charge >= 0.3 is 0 Å². The molecule has 1 N–H and O–H groups in total. The Bertz CT molecular complexity index is 470. The summed E-state index contributed by atoms with van der Waals surface area (Å²) in [4.78, 5) is 18.4. The molecule has 19 heavy (non-hydrogen) atoms. The molecule has 0 saturated carbocycles. The van der Waals surface area contributed by atoms with Gasteiger partial charge in [0, 0.05) is 29.9 Å². The van der Waals surface area contributed by atoms with E-state index in [0.717, 1.165) is 36.7 Å². The minimum atomic E-state index is -0.0701. The smallest absolute Gasteiger partial charge is 0.257 e. The standard InChI is InChI=1S/C13H16BrClN2O2/c14-9-7-11(12(15)16-8-9)13(19)17-5-1-3-10(17)4-2-6-18/h7-8,10,18H,1-6H2. The van der Waals surface area contributed by atoms with Gasteiger partial charge in [-0.25, -0.2) is 4.98 Å².